The monoisotopic (exact) mass is 291 g/mol. The van der Waals surface area contributed by atoms with E-state index in [1.165, 1.54) is 25.7 Å². The average Bonchev–Trinajstić information content (AvgIpc) is 2.90. The Labute approximate surface area is 126 Å². The van der Waals surface area contributed by atoms with Crippen LogP contribution in [0.5, 0.6) is 11.5 Å². The Balaban J connectivity index is 1.54. The summed E-state index contributed by atoms with van der Waals surface area (Å²) in [4.78, 5) is 0. The van der Waals surface area contributed by atoms with Crippen LogP contribution in [0.1, 0.15) is 43.7 Å². The number of ether oxygens (including phenoxy) is 3. The maximum Gasteiger partial charge on any atom is 0.161 e. The zero-order valence-corrected chi connectivity index (χ0v) is 12.6. The highest BCUT2D eigenvalue weighted by molar-refractivity contribution is 5.44. The summed E-state index contributed by atoms with van der Waals surface area (Å²) < 4.78 is 17.1. The van der Waals surface area contributed by atoms with Gasteiger partial charge in [-0.05, 0) is 36.5 Å². The summed E-state index contributed by atoms with van der Waals surface area (Å²) >= 11 is 0. The lowest BCUT2D eigenvalue weighted by Crippen LogP contribution is -2.19. The lowest BCUT2D eigenvalue weighted by atomic mass is 10.1. The number of hydrogen-bond donors (Lipinski definition) is 1. The molecule has 1 aliphatic heterocycles. The van der Waals surface area contributed by atoms with Gasteiger partial charge < -0.3 is 19.9 Å². The van der Waals surface area contributed by atoms with Crippen molar-refractivity contribution in [2.75, 3.05) is 26.4 Å². The van der Waals surface area contributed by atoms with Gasteiger partial charge in [-0.2, -0.15) is 0 Å². The molecule has 1 aromatic carbocycles. The van der Waals surface area contributed by atoms with Crippen molar-refractivity contribution in [3.63, 3.8) is 0 Å². The summed E-state index contributed by atoms with van der Waals surface area (Å²) in [5, 5.41) is 0. The molecule has 0 amide bonds. The van der Waals surface area contributed by atoms with E-state index in [-0.39, 0.29) is 6.04 Å². The van der Waals surface area contributed by atoms with E-state index in [2.05, 4.69) is 0 Å². The van der Waals surface area contributed by atoms with E-state index < -0.39 is 0 Å². The minimum absolute atomic E-state index is 0.108. The van der Waals surface area contributed by atoms with E-state index in [0.29, 0.717) is 19.8 Å². The second kappa shape index (κ2) is 7.14. The number of fused-ring (bicyclic) bond motifs is 1. The Hall–Kier alpha value is -1.26. The molecule has 1 atom stereocenters. The quantitative estimate of drug-likeness (QED) is 0.906. The normalized spacial score (nSPS) is 20.2. The van der Waals surface area contributed by atoms with Gasteiger partial charge in [0.2, 0.25) is 0 Å². The second-order valence-electron chi connectivity index (χ2n) is 6.05. The van der Waals surface area contributed by atoms with E-state index in [0.717, 1.165) is 36.0 Å². The molecular formula is C17H25NO3. The Kier molecular flexibility index (Phi) is 4.99. The molecule has 1 aromatic rings. The van der Waals surface area contributed by atoms with Gasteiger partial charge in [-0.3, -0.25) is 0 Å². The topological polar surface area (TPSA) is 53.7 Å². The number of nitrogens with two attached hydrogens (primary N) is 1. The maximum atomic E-state index is 6.23. The SMILES string of the molecule is NC(COCC1CCCC1)c1ccc2c(c1)OCCCO2. The van der Waals surface area contributed by atoms with Crippen molar-refractivity contribution in [3.05, 3.63) is 23.8 Å². The molecule has 116 valence electrons. The van der Waals surface area contributed by atoms with Crippen LogP contribution in [0.4, 0.5) is 0 Å². The highest BCUT2D eigenvalue weighted by Crippen LogP contribution is 2.32. The summed E-state index contributed by atoms with van der Waals surface area (Å²) in [5.41, 5.74) is 7.28. The predicted octanol–water partition coefficient (Wildman–Crippen LogP) is 3.05. The lowest BCUT2D eigenvalue weighted by molar-refractivity contribution is 0.0904. The second-order valence-corrected chi connectivity index (χ2v) is 6.05. The number of benzene rings is 1. The lowest BCUT2D eigenvalue weighted by Gasteiger charge is -2.16. The molecule has 21 heavy (non-hydrogen) atoms. The van der Waals surface area contributed by atoms with Crippen LogP contribution in [0, 0.1) is 5.92 Å². The van der Waals surface area contributed by atoms with E-state index in [1.807, 2.05) is 18.2 Å². The van der Waals surface area contributed by atoms with Gasteiger partial charge in [-0.15, -0.1) is 0 Å². The van der Waals surface area contributed by atoms with Crippen molar-refractivity contribution in [1.82, 2.24) is 0 Å². The number of rotatable bonds is 5. The zero-order chi connectivity index (χ0) is 14.5. The Morgan fingerprint density at radius 3 is 2.67 bits per heavy atom. The van der Waals surface area contributed by atoms with E-state index in [1.54, 1.807) is 0 Å². The first kappa shape index (κ1) is 14.7. The van der Waals surface area contributed by atoms with Gasteiger partial charge in [-0.25, -0.2) is 0 Å². The third-order valence-corrected chi connectivity index (χ3v) is 4.33. The van der Waals surface area contributed by atoms with Crippen LogP contribution >= 0.6 is 0 Å². The molecule has 1 aliphatic carbocycles. The van der Waals surface area contributed by atoms with Crippen molar-refractivity contribution in [2.45, 2.75) is 38.1 Å². The van der Waals surface area contributed by atoms with Gasteiger partial charge in [0.15, 0.2) is 11.5 Å². The molecule has 3 rings (SSSR count). The highest BCUT2D eigenvalue weighted by atomic mass is 16.5. The van der Waals surface area contributed by atoms with Gasteiger partial charge in [0, 0.05) is 13.0 Å². The molecule has 1 fully saturated rings. The standard InChI is InChI=1S/C17H25NO3/c18-15(12-19-11-13-4-1-2-5-13)14-6-7-16-17(10-14)21-9-3-8-20-16/h6-7,10,13,15H,1-5,8-9,11-12,18H2. The molecule has 0 spiro atoms. The Bertz CT molecular complexity index is 457. The van der Waals surface area contributed by atoms with Gasteiger partial charge in [0.1, 0.15) is 0 Å². The summed E-state index contributed by atoms with van der Waals surface area (Å²) in [5.74, 6) is 2.35. The molecule has 4 heteroatoms. The van der Waals surface area contributed by atoms with Gasteiger partial charge >= 0.3 is 0 Å². The van der Waals surface area contributed by atoms with E-state index >= 15 is 0 Å². The summed E-state index contributed by atoms with van der Waals surface area (Å²) in [6.45, 7) is 2.82. The zero-order valence-electron chi connectivity index (χ0n) is 12.6. The summed E-state index contributed by atoms with van der Waals surface area (Å²) in [6.07, 6.45) is 6.23. The predicted molar refractivity (Wildman–Crippen MR) is 81.8 cm³/mol. The first-order valence-corrected chi connectivity index (χ1v) is 8.06. The van der Waals surface area contributed by atoms with Gasteiger partial charge in [0.25, 0.3) is 0 Å². The van der Waals surface area contributed by atoms with E-state index in [9.17, 15) is 0 Å². The number of hydrogen-bond acceptors (Lipinski definition) is 4. The highest BCUT2D eigenvalue weighted by Gasteiger charge is 2.17. The fraction of sp³-hybridized carbons (Fsp3) is 0.647. The smallest absolute Gasteiger partial charge is 0.161 e. The minimum Gasteiger partial charge on any atom is -0.490 e. The minimum atomic E-state index is -0.108. The van der Waals surface area contributed by atoms with Crippen molar-refractivity contribution in [3.8, 4) is 11.5 Å². The summed E-state index contributed by atoms with van der Waals surface area (Å²) in [6, 6.07) is 5.84. The molecule has 1 heterocycles. The van der Waals surface area contributed by atoms with Crippen LogP contribution in [0.3, 0.4) is 0 Å². The van der Waals surface area contributed by atoms with Crippen LogP contribution in [-0.2, 0) is 4.74 Å². The van der Waals surface area contributed by atoms with E-state index in [4.69, 9.17) is 19.9 Å². The molecule has 1 saturated carbocycles. The molecule has 4 nitrogen and oxygen atoms in total. The van der Waals surface area contributed by atoms with Crippen LogP contribution < -0.4 is 15.2 Å². The largest absolute Gasteiger partial charge is 0.490 e. The van der Waals surface area contributed by atoms with Crippen molar-refractivity contribution in [2.24, 2.45) is 11.7 Å². The first-order valence-electron chi connectivity index (χ1n) is 8.06. The molecular weight excluding hydrogens is 266 g/mol. The van der Waals surface area contributed by atoms with Crippen molar-refractivity contribution >= 4 is 0 Å². The van der Waals surface area contributed by atoms with Crippen molar-refractivity contribution in [1.29, 1.82) is 0 Å². The third kappa shape index (κ3) is 3.89. The molecule has 1 unspecified atom stereocenters. The van der Waals surface area contributed by atoms with Crippen LogP contribution in [0.25, 0.3) is 0 Å². The Morgan fingerprint density at radius 2 is 1.86 bits per heavy atom. The average molecular weight is 291 g/mol. The first-order chi connectivity index (χ1) is 10.3. The molecule has 2 aliphatic rings. The van der Waals surface area contributed by atoms with Crippen LogP contribution in [0.2, 0.25) is 0 Å². The molecule has 0 aromatic heterocycles. The maximum absolute atomic E-state index is 6.23. The fourth-order valence-electron chi connectivity index (χ4n) is 3.05. The molecule has 0 radical (unpaired) electrons. The Morgan fingerprint density at radius 1 is 1.10 bits per heavy atom. The van der Waals surface area contributed by atoms with Gasteiger partial charge in [-0.1, -0.05) is 18.9 Å². The molecule has 0 bridgehead atoms. The van der Waals surface area contributed by atoms with Crippen LogP contribution in [0.15, 0.2) is 18.2 Å². The third-order valence-electron chi connectivity index (χ3n) is 4.33. The van der Waals surface area contributed by atoms with Crippen molar-refractivity contribution < 1.29 is 14.2 Å². The van der Waals surface area contributed by atoms with Crippen LogP contribution in [-0.4, -0.2) is 26.4 Å². The molecule has 2 N–H and O–H groups in total. The summed E-state index contributed by atoms with van der Waals surface area (Å²) in [7, 11) is 0. The fourth-order valence-corrected chi connectivity index (χ4v) is 3.05. The van der Waals surface area contributed by atoms with Gasteiger partial charge in [0.05, 0.1) is 25.9 Å². The molecule has 0 saturated heterocycles.